The van der Waals surface area contributed by atoms with Gasteiger partial charge in [0.05, 0.1) is 0 Å². The van der Waals surface area contributed by atoms with Crippen LogP contribution in [0.4, 0.5) is 0 Å². The molecule has 0 amide bonds. The maximum Gasteiger partial charge on any atom is 0.138 e. The molecule has 0 radical (unpaired) electrons. The molecule has 0 saturated carbocycles. The average molecular weight is 350 g/mol. The number of ketones is 1. The molecule has 26 heavy (non-hydrogen) atoms. The fraction of sp³-hybridized carbons (Fsp3) is 0.364. The minimum absolute atomic E-state index is 0.147. The molecule has 0 spiro atoms. The second-order valence-electron chi connectivity index (χ2n) is 7.17. The lowest BCUT2D eigenvalue weighted by Crippen LogP contribution is -2.48. The maximum atomic E-state index is 12.4. The van der Waals surface area contributed by atoms with Gasteiger partial charge in [-0.15, -0.1) is 0 Å². The number of rotatable bonds is 8. The number of piperidine rings is 1. The molecule has 1 aliphatic heterocycles. The van der Waals surface area contributed by atoms with Crippen LogP contribution in [0, 0.1) is 5.41 Å². The third-order valence-electron chi connectivity index (χ3n) is 5.15. The monoisotopic (exact) mass is 350 g/mol. The van der Waals surface area contributed by atoms with E-state index >= 15 is 0 Å². The van der Waals surface area contributed by atoms with Crippen molar-refractivity contribution in [3.63, 3.8) is 0 Å². The molecular weight excluding hydrogens is 324 g/mol. The van der Waals surface area contributed by atoms with Crippen LogP contribution in [0.3, 0.4) is 0 Å². The summed E-state index contributed by atoms with van der Waals surface area (Å²) in [5.41, 5.74) is 5.17. The molecule has 136 valence electrons. The number of carbonyl (C=O) groups is 2. The van der Waals surface area contributed by atoms with Crippen LogP contribution < -0.4 is 5.43 Å². The number of aldehydes is 1. The number of nitrogens with one attached hydrogen (secondary N) is 1. The summed E-state index contributed by atoms with van der Waals surface area (Å²) in [6.45, 7) is 2.34. The molecule has 2 aromatic carbocycles. The molecular formula is C22H26N2O2. The van der Waals surface area contributed by atoms with E-state index in [1.165, 1.54) is 5.56 Å². The van der Waals surface area contributed by atoms with Crippen LogP contribution in [0.25, 0.3) is 0 Å². The van der Waals surface area contributed by atoms with Crippen LogP contribution in [0.1, 0.15) is 30.4 Å². The van der Waals surface area contributed by atoms with Crippen molar-refractivity contribution in [2.75, 3.05) is 13.1 Å². The minimum Gasteiger partial charge on any atom is -0.303 e. The minimum atomic E-state index is -0.503. The maximum absolute atomic E-state index is 12.4. The van der Waals surface area contributed by atoms with Gasteiger partial charge in [0.15, 0.2) is 0 Å². The van der Waals surface area contributed by atoms with Gasteiger partial charge in [-0.1, -0.05) is 60.7 Å². The third-order valence-corrected chi connectivity index (χ3v) is 5.15. The number of hydrazine groups is 1. The van der Waals surface area contributed by atoms with Crippen molar-refractivity contribution in [3.05, 3.63) is 71.8 Å². The van der Waals surface area contributed by atoms with Gasteiger partial charge in [0.25, 0.3) is 0 Å². The standard InChI is InChI=1S/C22H26N2O2/c25-18-22(16-21(26)15-19-7-3-1-4-8-19)11-13-24(14-12-22)23-17-20-9-5-2-6-10-20/h1-10,18,23H,11-17H2. The van der Waals surface area contributed by atoms with Gasteiger partial charge in [-0.25, -0.2) is 5.01 Å². The van der Waals surface area contributed by atoms with E-state index in [1.54, 1.807) is 0 Å². The van der Waals surface area contributed by atoms with E-state index in [0.29, 0.717) is 12.8 Å². The lowest BCUT2D eigenvalue weighted by Gasteiger charge is -2.38. The molecule has 1 aliphatic rings. The number of carbonyl (C=O) groups excluding carboxylic acids is 2. The summed E-state index contributed by atoms with van der Waals surface area (Å²) < 4.78 is 0. The Hall–Kier alpha value is -2.30. The first kappa shape index (κ1) is 18.5. The molecule has 1 fully saturated rings. The molecule has 0 unspecified atom stereocenters. The number of hydrogen-bond donors (Lipinski definition) is 1. The summed E-state index contributed by atoms with van der Waals surface area (Å²) in [6, 6.07) is 20.0. The van der Waals surface area contributed by atoms with Gasteiger partial charge in [0, 0.05) is 37.9 Å². The van der Waals surface area contributed by atoms with Gasteiger partial charge in [0.1, 0.15) is 12.1 Å². The van der Waals surface area contributed by atoms with Crippen molar-refractivity contribution < 1.29 is 9.59 Å². The molecule has 0 aliphatic carbocycles. The van der Waals surface area contributed by atoms with E-state index in [-0.39, 0.29) is 5.78 Å². The Balaban J connectivity index is 1.48. The highest BCUT2D eigenvalue weighted by atomic mass is 16.1. The largest absolute Gasteiger partial charge is 0.303 e. The topological polar surface area (TPSA) is 49.4 Å². The average Bonchev–Trinajstić information content (AvgIpc) is 2.69. The zero-order chi connectivity index (χ0) is 18.2. The number of hydrogen-bond acceptors (Lipinski definition) is 4. The van der Waals surface area contributed by atoms with Crippen LogP contribution >= 0.6 is 0 Å². The summed E-state index contributed by atoms with van der Waals surface area (Å²) in [6.07, 6.45) is 3.21. The van der Waals surface area contributed by atoms with E-state index < -0.39 is 5.41 Å². The first-order chi connectivity index (χ1) is 12.7. The van der Waals surface area contributed by atoms with Crippen molar-refractivity contribution in [1.29, 1.82) is 0 Å². The fourth-order valence-electron chi connectivity index (χ4n) is 3.52. The zero-order valence-corrected chi connectivity index (χ0v) is 15.1. The number of Topliss-reactive ketones (excluding diaryl/α,β-unsaturated/α-hetero) is 1. The van der Waals surface area contributed by atoms with Gasteiger partial charge in [-0.3, -0.25) is 10.2 Å². The van der Waals surface area contributed by atoms with Crippen LogP contribution in [0.2, 0.25) is 0 Å². The molecule has 1 heterocycles. The van der Waals surface area contributed by atoms with Gasteiger partial charge in [-0.2, -0.15) is 0 Å². The first-order valence-electron chi connectivity index (χ1n) is 9.23. The van der Waals surface area contributed by atoms with Crippen LogP contribution in [0.15, 0.2) is 60.7 Å². The zero-order valence-electron chi connectivity index (χ0n) is 15.1. The van der Waals surface area contributed by atoms with E-state index in [9.17, 15) is 9.59 Å². The molecule has 4 heteroatoms. The Kier molecular flexibility index (Phi) is 6.31. The molecule has 1 N–H and O–H groups in total. The second kappa shape index (κ2) is 8.88. The first-order valence-corrected chi connectivity index (χ1v) is 9.23. The predicted octanol–water partition coefficient (Wildman–Crippen LogP) is 3.17. The summed E-state index contributed by atoms with van der Waals surface area (Å²) in [5.74, 6) is 0.147. The predicted molar refractivity (Wildman–Crippen MR) is 102 cm³/mol. The van der Waals surface area contributed by atoms with Crippen molar-refractivity contribution in [2.45, 2.75) is 32.2 Å². The molecule has 4 nitrogen and oxygen atoms in total. The Morgan fingerprint density at radius 1 is 0.962 bits per heavy atom. The molecule has 0 bridgehead atoms. The van der Waals surface area contributed by atoms with E-state index in [0.717, 1.165) is 44.3 Å². The summed E-state index contributed by atoms with van der Waals surface area (Å²) >= 11 is 0. The highest BCUT2D eigenvalue weighted by Gasteiger charge is 2.36. The molecule has 0 aromatic heterocycles. The van der Waals surface area contributed by atoms with Crippen LogP contribution in [0.5, 0.6) is 0 Å². The number of benzene rings is 2. The molecule has 1 saturated heterocycles. The lowest BCUT2D eigenvalue weighted by atomic mass is 9.75. The van der Waals surface area contributed by atoms with Crippen molar-refractivity contribution in [3.8, 4) is 0 Å². The fourth-order valence-corrected chi connectivity index (χ4v) is 3.52. The summed E-state index contributed by atoms with van der Waals surface area (Å²) in [5, 5.41) is 2.16. The normalized spacial score (nSPS) is 16.9. The van der Waals surface area contributed by atoms with E-state index in [2.05, 4.69) is 22.6 Å². The Morgan fingerprint density at radius 2 is 1.54 bits per heavy atom. The SMILES string of the molecule is O=CC1(CC(=O)Cc2ccccc2)CCN(NCc2ccccc2)CC1. The van der Waals surface area contributed by atoms with Gasteiger partial charge in [0.2, 0.25) is 0 Å². The second-order valence-corrected chi connectivity index (χ2v) is 7.17. The van der Waals surface area contributed by atoms with Crippen molar-refractivity contribution >= 4 is 12.1 Å². The van der Waals surface area contributed by atoms with E-state index in [1.807, 2.05) is 48.5 Å². The van der Waals surface area contributed by atoms with Gasteiger partial charge < -0.3 is 4.79 Å². The Bertz CT molecular complexity index is 707. The van der Waals surface area contributed by atoms with Gasteiger partial charge >= 0.3 is 0 Å². The Morgan fingerprint density at radius 3 is 2.12 bits per heavy atom. The number of nitrogens with zero attached hydrogens (tertiary/aromatic N) is 1. The van der Waals surface area contributed by atoms with Crippen molar-refractivity contribution in [1.82, 2.24) is 10.4 Å². The smallest absolute Gasteiger partial charge is 0.138 e. The highest BCUT2D eigenvalue weighted by molar-refractivity contribution is 5.84. The van der Waals surface area contributed by atoms with Crippen LogP contribution in [-0.4, -0.2) is 30.2 Å². The molecule has 0 atom stereocenters. The Labute approximate surface area is 155 Å². The summed E-state index contributed by atoms with van der Waals surface area (Å²) in [4.78, 5) is 24.2. The lowest BCUT2D eigenvalue weighted by molar-refractivity contribution is -0.129. The van der Waals surface area contributed by atoms with Crippen molar-refractivity contribution in [2.24, 2.45) is 5.41 Å². The van der Waals surface area contributed by atoms with E-state index in [4.69, 9.17) is 0 Å². The molecule has 3 rings (SSSR count). The highest BCUT2D eigenvalue weighted by Crippen LogP contribution is 2.33. The summed E-state index contributed by atoms with van der Waals surface area (Å²) in [7, 11) is 0. The van der Waals surface area contributed by atoms with Crippen LogP contribution in [-0.2, 0) is 22.6 Å². The molecule has 2 aromatic rings. The quantitative estimate of drug-likeness (QED) is 0.743. The third kappa shape index (κ3) is 5.10. The van der Waals surface area contributed by atoms with Gasteiger partial charge in [-0.05, 0) is 24.0 Å².